The number of hydrazone groups is 1. The summed E-state index contributed by atoms with van der Waals surface area (Å²) in [6.07, 6.45) is 2.77. The highest BCUT2D eigenvalue weighted by atomic mass is 35.5. The fourth-order valence-electron chi connectivity index (χ4n) is 3.62. The van der Waals surface area contributed by atoms with Crippen molar-refractivity contribution in [2.45, 2.75) is 19.4 Å². The zero-order valence-electron chi connectivity index (χ0n) is 18.1. The van der Waals surface area contributed by atoms with Gasteiger partial charge in [0.05, 0.1) is 11.2 Å². The van der Waals surface area contributed by atoms with Gasteiger partial charge in [-0.1, -0.05) is 48.0 Å². The van der Waals surface area contributed by atoms with Gasteiger partial charge in [-0.3, -0.25) is 13.9 Å². The number of benzene rings is 2. The van der Waals surface area contributed by atoms with E-state index in [9.17, 15) is 14.0 Å². The lowest BCUT2D eigenvalue weighted by molar-refractivity contribution is 0.626. The summed E-state index contributed by atoms with van der Waals surface area (Å²) in [7, 11) is 2.98. The topological polar surface area (TPSA) is 86.2 Å². The molecule has 0 aliphatic rings. The Balaban J connectivity index is 1.71. The number of imidazole rings is 1. The summed E-state index contributed by atoms with van der Waals surface area (Å²) < 4.78 is 18.1. The van der Waals surface area contributed by atoms with Gasteiger partial charge in [0.1, 0.15) is 5.82 Å². The van der Waals surface area contributed by atoms with Crippen LogP contribution in [0, 0.1) is 5.82 Å². The van der Waals surface area contributed by atoms with Gasteiger partial charge in [-0.2, -0.15) is 10.1 Å². The lowest BCUT2D eigenvalue weighted by Crippen LogP contribution is -2.37. The first kappa shape index (κ1) is 22.5. The Morgan fingerprint density at radius 1 is 1.09 bits per heavy atom. The molecule has 0 amide bonds. The van der Waals surface area contributed by atoms with Crippen LogP contribution < -0.4 is 16.7 Å². The molecular weight excluding hydrogens is 447 g/mol. The second-order valence-electron chi connectivity index (χ2n) is 7.56. The average Bonchev–Trinajstić information content (AvgIpc) is 3.17. The third-order valence-corrected chi connectivity index (χ3v) is 5.73. The first-order chi connectivity index (χ1) is 15.9. The van der Waals surface area contributed by atoms with E-state index < -0.39 is 17.1 Å². The molecule has 0 saturated carbocycles. The van der Waals surface area contributed by atoms with Crippen molar-refractivity contribution in [1.82, 2.24) is 18.7 Å². The summed E-state index contributed by atoms with van der Waals surface area (Å²) >= 11 is 6.05. The maximum atomic E-state index is 14.0. The van der Waals surface area contributed by atoms with E-state index in [4.69, 9.17) is 11.6 Å². The summed E-state index contributed by atoms with van der Waals surface area (Å²) in [6.45, 7) is 0.456. The fraction of sp³-hybridized carbons (Fsp3) is 0.217. The first-order valence-corrected chi connectivity index (χ1v) is 10.7. The summed E-state index contributed by atoms with van der Waals surface area (Å²) in [5.41, 5.74) is 3.68. The van der Waals surface area contributed by atoms with Gasteiger partial charge in [0.25, 0.3) is 5.56 Å². The molecule has 0 fully saturated rings. The molecule has 0 unspecified atom stereocenters. The highest BCUT2D eigenvalue weighted by Crippen LogP contribution is 2.19. The van der Waals surface area contributed by atoms with Gasteiger partial charge in [-0.25, -0.2) is 14.6 Å². The number of nitrogens with zero attached hydrogens (tertiary/aromatic N) is 5. The van der Waals surface area contributed by atoms with Crippen LogP contribution in [0.3, 0.4) is 0 Å². The van der Waals surface area contributed by atoms with Crippen LogP contribution in [0.2, 0.25) is 5.02 Å². The number of hydrogen-bond donors (Lipinski definition) is 1. The van der Waals surface area contributed by atoms with Gasteiger partial charge in [0, 0.05) is 26.2 Å². The molecule has 2 aromatic heterocycles. The number of aromatic nitrogens is 4. The standard InChI is InChI=1S/C23H22ClFN6O2/c1-29-20-19(21(32)30(2)23(29)33)31(13-7-10-15-8-4-3-5-9-15)22(27-20)28-26-14-16-17(24)11-6-12-18(16)25/h3-6,8-9,11-12,14H,7,10,13H2,1-2H3,(H,27,28)/b26-14-. The van der Waals surface area contributed by atoms with Crippen molar-refractivity contribution in [3.63, 3.8) is 0 Å². The number of halogens is 2. The maximum Gasteiger partial charge on any atom is 0.332 e. The zero-order chi connectivity index (χ0) is 23.5. The van der Waals surface area contributed by atoms with E-state index in [0.717, 1.165) is 17.4 Å². The van der Waals surface area contributed by atoms with Gasteiger partial charge < -0.3 is 4.57 Å². The minimum atomic E-state index is -0.513. The third-order valence-electron chi connectivity index (χ3n) is 5.40. The number of aryl methyl sites for hydroxylation is 3. The molecule has 0 aliphatic carbocycles. The van der Waals surface area contributed by atoms with Crippen LogP contribution in [0.1, 0.15) is 17.5 Å². The van der Waals surface area contributed by atoms with Gasteiger partial charge in [-0.15, -0.1) is 0 Å². The summed E-state index contributed by atoms with van der Waals surface area (Å²) in [4.78, 5) is 29.7. The molecule has 0 spiro atoms. The van der Waals surface area contributed by atoms with E-state index in [0.29, 0.717) is 6.54 Å². The lowest BCUT2D eigenvalue weighted by atomic mass is 10.1. The molecule has 0 atom stereocenters. The van der Waals surface area contributed by atoms with Crippen molar-refractivity contribution in [1.29, 1.82) is 0 Å². The molecule has 0 radical (unpaired) electrons. The fourth-order valence-corrected chi connectivity index (χ4v) is 3.84. The van der Waals surface area contributed by atoms with Crippen LogP contribution in [0.15, 0.2) is 63.2 Å². The van der Waals surface area contributed by atoms with Crippen LogP contribution in [0.5, 0.6) is 0 Å². The Morgan fingerprint density at radius 3 is 2.58 bits per heavy atom. The molecule has 1 N–H and O–H groups in total. The van der Waals surface area contributed by atoms with E-state index >= 15 is 0 Å². The predicted molar refractivity (Wildman–Crippen MR) is 128 cm³/mol. The molecule has 0 bridgehead atoms. The summed E-state index contributed by atoms with van der Waals surface area (Å²) in [5, 5.41) is 4.30. The van der Waals surface area contributed by atoms with Crippen LogP contribution in [0.4, 0.5) is 10.3 Å². The normalized spacial score (nSPS) is 11.5. The molecule has 8 nitrogen and oxygen atoms in total. The number of fused-ring (bicyclic) bond motifs is 1. The van der Waals surface area contributed by atoms with Gasteiger partial charge in [0.2, 0.25) is 5.95 Å². The highest BCUT2D eigenvalue weighted by Gasteiger charge is 2.19. The number of hydrogen-bond acceptors (Lipinski definition) is 5. The van der Waals surface area contributed by atoms with Crippen molar-refractivity contribution >= 4 is 34.9 Å². The maximum absolute atomic E-state index is 14.0. The van der Waals surface area contributed by atoms with Crippen molar-refractivity contribution in [2.75, 3.05) is 5.43 Å². The second kappa shape index (κ2) is 9.41. The average molecular weight is 469 g/mol. The van der Waals surface area contributed by atoms with Gasteiger partial charge >= 0.3 is 5.69 Å². The predicted octanol–water partition coefficient (Wildman–Crippen LogP) is 3.31. The quantitative estimate of drug-likeness (QED) is 0.333. The summed E-state index contributed by atoms with van der Waals surface area (Å²) in [6, 6.07) is 14.3. The second-order valence-corrected chi connectivity index (χ2v) is 7.97. The molecule has 170 valence electrons. The molecule has 2 aromatic carbocycles. The molecule has 10 heteroatoms. The van der Waals surface area contributed by atoms with Crippen LogP contribution in [-0.4, -0.2) is 24.9 Å². The Morgan fingerprint density at radius 2 is 1.85 bits per heavy atom. The zero-order valence-corrected chi connectivity index (χ0v) is 18.9. The van der Waals surface area contributed by atoms with Crippen LogP contribution in [-0.2, 0) is 27.1 Å². The Bertz CT molecular complexity index is 1440. The lowest BCUT2D eigenvalue weighted by Gasteiger charge is -2.09. The number of rotatable bonds is 7. The van der Waals surface area contributed by atoms with Crippen LogP contribution >= 0.6 is 11.6 Å². The monoisotopic (exact) mass is 468 g/mol. The van der Waals surface area contributed by atoms with E-state index in [-0.39, 0.29) is 27.7 Å². The van der Waals surface area contributed by atoms with E-state index in [1.165, 1.54) is 35.5 Å². The van der Waals surface area contributed by atoms with E-state index in [2.05, 4.69) is 15.5 Å². The SMILES string of the molecule is Cn1c(=O)c2c(nc(N/N=C\c3c(F)cccc3Cl)n2CCCc2ccccc2)n(C)c1=O. The minimum absolute atomic E-state index is 0.127. The highest BCUT2D eigenvalue weighted by molar-refractivity contribution is 6.33. The largest absolute Gasteiger partial charge is 0.332 e. The van der Waals surface area contributed by atoms with Gasteiger partial charge in [-0.05, 0) is 30.5 Å². The minimum Gasteiger partial charge on any atom is -0.303 e. The smallest absolute Gasteiger partial charge is 0.303 e. The van der Waals surface area contributed by atoms with Crippen molar-refractivity contribution in [3.05, 3.63) is 91.3 Å². The summed E-state index contributed by atoms with van der Waals surface area (Å²) in [5.74, 6) is -0.249. The Hall–Kier alpha value is -3.72. The molecule has 4 rings (SSSR count). The van der Waals surface area contributed by atoms with E-state index in [1.54, 1.807) is 17.7 Å². The molecule has 0 aliphatic heterocycles. The van der Waals surface area contributed by atoms with Crippen molar-refractivity contribution < 1.29 is 4.39 Å². The molecule has 0 saturated heterocycles. The van der Waals surface area contributed by atoms with Gasteiger partial charge in [0.15, 0.2) is 11.2 Å². The molecular formula is C23H22ClFN6O2. The van der Waals surface area contributed by atoms with E-state index in [1.807, 2.05) is 30.3 Å². The Labute approximate surface area is 193 Å². The Kier molecular flexibility index (Phi) is 6.41. The number of nitrogens with one attached hydrogen (secondary N) is 1. The van der Waals surface area contributed by atoms with Crippen LogP contribution in [0.25, 0.3) is 11.2 Å². The molecule has 33 heavy (non-hydrogen) atoms. The number of anilines is 1. The van der Waals surface area contributed by atoms with Crippen molar-refractivity contribution in [2.24, 2.45) is 19.2 Å². The molecule has 4 aromatic rings. The van der Waals surface area contributed by atoms with Crippen molar-refractivity contribution in [3.8, 4) is 0 Å². The molecule has 2 heterocycles. The third kappa shape index (κ3) is 4.45. The first-order valence-electron chi connectivity index (χ1n) is 10.3.